The molecule has 1 aromatic carbocycles. The molecule has 1 amide bonds. The number of nitro groups is 1. The minimum absolute atomic E-state index is 0.0685. The maximum Gasteiger partial charge on any atom is 0.335 e. The molecular weight excluding hydrogens is 298 g/mol. The molecule has 0 aliphatic rings. The van der Waals surface area contributed by atoms with Crippen LogP contribution in [-0.2, 0) is 0 Å². The fourth-order valence-electron chi connectivity index (χ4n) is 1.57. The van der Waals surface area contributed by atoms with E-state index >= 15 is 0 Å². The Morgan fingerprint density at radius 3 is 2.67 bits per heavy atom. The predicted octanol–water partition coefficient (Wildman–Crippen LogP) is 2.31. The number of anilines is 1. The zero-order valence-corrected chi connectivity index (χ0v) is 11.5. The lowest BCUT2D eigenvalue weighted by molar-refractivity contribution is -0.383. The number of thiazole rings is 1. The Hall–Kier alpha value is -2.81. The summed E-state index contributed by atoms with van der Waals surface area (Å²) in [4.78, 5) is 37.2. The van der Waals surface area contributed by atoms with Crippen LogP contribution in [0.1, 0.15) is 25.0 Å². The molecule has 0 aliphatic heterocycles. The van der Waals surface area contributed by atoms with Crippen molar-refractivity contribution in [3.05, 3.63) is 50.0 Å². The number of carbonyl (C=O) groups is 2. The molecule has 0 unspecified atom stereocenters. The van der Waals surface area contributed by atoms with Gasteiger partial charge in [0.15, 0.2) is 0 Å². The molecule has 9 heteroatoms. The highest BCUT2D eigenvalue weighted by atomic mass is 32.1. The Bertz CT molecular complexity index is 740. The van der Waals surface area contributed by atoms with Gasteiger partial charge in [-0.3, -0.25) is 14.9 Å². The van der Waals surface area contributed by atoms with E-state index in [4.69, 9.17) is 5.11 Å². The molecule has 2 rings (SSSR count). The van der Waals surface area contributed by atoms with Gasteiger partial charge in [0.2, 0.25) is 0 Å². The number of aromatic nitrogens is 1. The number of hydrogen-bond acceptors (Lipinski definition) is 6. The van der Waals surface area contributed by atoms with Crippen LogP contribution < -0.4 is 5.32 Å². The van der Waals surface area contributed by atoms with Gasteiger partial charge in [0.05, 0.1) is 21.7 Å². The standard InChI is InChI=1S/C12H9N3O5S/c1-6-13-5-10(21-6)11(16)14-8-3-2-7(12(17)18)4-9(8)15(19)20/h2-5H,1H3,(H,14,16)(H,17,18). The smallest absolute Gasteiger partial charge is 0.335 e. The second-order valence-corrected chi connectivity index (χ2v) is 5.23. The second-order valence-electron chi connectivity index (χ2n) is 3.99. The van der Waals surface area contributed by atoms with Gasteiger partial charge in [-0.1, -0.05) is 0 Å². The van der Waals surface area contributed by atoms with Crippen LogP contribution in [0.4, 0.5) is 11.4 Å². The first-order valence-corrected chi connectivity index (χ1v) is 6.45. The molecule has 2 aromatic rings. The zero-order chi connectivity index (χ0) is 15.6. The number of carboxylic acids is 1. The fraction of sp³-hybridized carbons (Fsp3) is 0.0833. The van der Waals surface area contributed by atoms with Gasteiger partial charge < -0.3 is 10.4 Å². The first-order valence-electron chi connectivity index (χ1n) is 5.64. The topological polar surface area (TPSA) is 122 Å². The molecule has 0 atom stereocenters. The first kappa shape index (κ1) is 14.6. The summed E-state index contributed by atoms with van der Waals surface area (Å²) < 4.78 is 0. The number of rotatable bonds is 4. The summed E-state index contributed by atoms with van der Waals surface area (Å²) in [6, 6.07) is 3.27. The zero-order valence-electron chi connectivity index (χ0n) is 10.7. The molecule has 108 valence electrons. The number of aryl methyl sites for hydroxylation is 1. The second kappa shape index (κ2) is 5.67. The fourth-order valence-corrected chi connectivity index (χ4v) is 2.24. The maximum absolute atomic E-state index is 11.9. The lowest BCUT2D eigenvalue weighted by Gasteiger charge is -2.05. The Balaban J connectivity index is 2.33. The third-order valence-electron chi connectivity index (χ3n) is 2.53. The van der Waals surface area contributed by atoms with Crippen molar-refractivity contribution in [1.29, 1.82) is 0 Å². The van der Waals surface area contributed by atoms with Crippen LogP contribution in [0.3, 0.4) is 0 Å². The van der Waals surface area contributed by atoms with E-state index in [1.54, 1.807) is 6.92 Å². The molecule has 0 bridgehead atoms. The summed E-state index contributed by atoms with van der Waals surface area (Å²) in [6.07, 6.45) is 1.37. The van der Waals surface area contributed by atoms with E-state index < -0.39 is 22.5 Å². The van der Waals surface area contributed by atoms with Gasteiger partial charge in [-0.05, 0) is 19.1 Å². The summed E-state index contributed by atoms with van der Waals surface area (Å²) in [5.74, 6) is -1.82. The van der Waals surface area contributed by atoms with Crippen molar-refractivity contribution in [1.82, 2.24) is 4.98 Å². The molecule has 0 fully saturated rings. The molecule has 0 spiro atoms. The number of carboxylic acid groups (broad SMARTS) is 1. The monoisotopic (exact) mass is 307 g/mol. The molecular formula is C12H9N3O5S. The average molecular weight is 307 g/mol. The van der Waals surface area contributed by atoms with Crippen LogP contribution >= 0.6 is 11.3 Å². The molecule has 2 N–H and O–H groups in total. The van der Waals surface area contributed by atoms with Crippen LogP contribution in [0, 0.1) is 17.0 Å². The number of benzene rings is 1. The van der Waals surface area contributed by atoms with Crippen LogP contribution in [0.25, 0.3) is 0 Å². The van der Waals surface area contributed by atoms with E-state index in [9.17, 15) is 19.7 Å². The minimum atomic E-state index is -1.28. The number of nitrogens with one attached hydrogen (secondary N) is 1. The molecule has 0 saturated carbocycles. The number of aromatic carboxylic acids is 1. The largest absolute Gasteiger partial charge is 0.478 e. The Labute approximate surface area is 122 Å². The highest BCUT2D eigenvalue weighted by Gasteiger charge is 2.20. The van der Waals surface area contributed by atoms with Gasteiger partial charge >= 0.3 is 5.97 Å². The van der Waals surface area contributed by atoms with Crippen molar-refractivity contribution in [2.45, 2.75) is 6.92 Å². The van der Waals surface area contributed by atoms with Crippen LogP contribution in [0.5, 0.6) is 0 Å². The van der Waals surface area contributed by atoms with E-state index in [-0.39, 0.29) is 11.3 Å². The third-order valence-corrected chi connectivity index (χ3v) is 3.45. The molecule has 8 nitrogen and oxygen atoms in total. The van der Waals surface area contributed by atoms with Gasteiger partial charge in [-0.2, -0.15) is 0 Å². The summed E-state index contributed by atoms with van der Waals surface area (Å²) in [5.41, 5.74) is -0.779. The first-order chi connectivity index (χ1) is 9.88. The summed E-state index contributed by atoms with van der Waals surface area (Å²) in [6.45, 7) is 1.73. The SMILES string of the molecule is Cc1ncc(C(=O)Nc2ccc(C(=O)O)cc2[N+](=O)[O-])s1. The summed E-state index contributed by atoms with van der Waals surface area (Å²) in [5, 5.41) is 22.9. The molecule has 1 heterocycles. The van der Waals surface area contributed by atoms with Crippen LogP contribution in [0.15, 0.2) is 24.4 Å². The van der Waals surface area contributed by atoms with Crippen molar-refractivity contribution >= 4 is 34.6 Å². The number of carbonyl (C=O) groups excluding carboxylic acids is 1. The van der Waals surface area contributed by atoms with Crippen molar-refractivity contribution in [2.75, 3.05) is 5.32 Å². The third kappa shape index (κ3) is 3.20. The normalized spacial score (nSPS) is 10.1. The van der Waals surface area contributed by atoms with E-state index in [1.807, 2.05) is 0 Å². The van der Waals surface area contributed by atoms with Crippen molar-refractivity contribution in [2.24, 2.45) is 0 Å². The highest BCUT2D eigenvalue weighted by molar-refractivity contribution is 7.13. The quantitative estimate of drug-likeness (QED) is 0.660. The van der Waals surface area contributed by atoms with Crippen molar-refractivity contribution < 1.29 is 19.6 Å². The summed E-state index contributed by atoms with van der Waals surface area (Å²) >= 11 is 1.15. The lowest BCUT2D eigenvalue weighted by Crippen LogP contribution is -2.12. The van der Waals surface area contributed by atoms with E-state index in [1.165, 1.54) is 18.3 Å². The Morgan fingerprint density at radius 2 is 2.14 bits per heavy atom. The minimum Gasteiger partial charge on any atom is -0.478 e. The molecule has 0 radical (unpaired) electrons. The number of nitrogens with zero attached hydrogens (tertiary/aromatic N) is 2. The van der Waals surface area contributed by atoms with E-state index in [0.717, 1.165) is 17.4 Å². The van der Waals surface area contributed by atoms with Gasteiger partial charge in [0, 0.05) is 6.07 Å². The Kier molecular flexibility index (Phi) is 3.94. The predicted molar refractivity (Wildman–Crippen MR) is 74.9 cm³/mol. The van der Waals surface area contributed by atoms with Gasteiger partial charge in [-0.25, -0.2) is 9.78 Å². The Morgan fingerprint density at radius 1 is 1.43 bits per heavy atom. The number of amides is 1. The lowest BCUT2D eigenvalue weighted by atomic mass is 10.1. The number of hydrogen-bond donors (Lipinski definition) is 2. The molecule has 0 saturated heterocycles. The van der Waals surface area contributed by atoms with E-state index in [2.05, 4.69) is 10.3 Å². The molecule has 21 heavy (non-hydrogen) atoms. The maximum atomic E-state index is 11.9. The van der Waals surface area contributed by atoms with Crippen LogP contribution in [-0.4, -0.2) is 26.9 Å². The average Bonchev–Trinajstić information content (AvgIpc) is 2.85. The molecule has 0 aliphatic carbocycles. The summed E-state index contributed by atoms with van der Waals surface area (Å²) in [7, 11) is 0. The van der Waals surface area contributed by atoms with Gasteiger partial charge in [0.25, 0.3) is 11.6 Å². The number of nitro benzene ring substituents is 1. The van der Waals surface area contributed by atoms with Crippen LogP contribution in [0.2, 0.25) is 0 Å². The van der Waals surface area contributed by atoms with Gasteiger partial charge in [0.1, 0.15) is 10.6 Å². The van der Waals surface area contributed by atoms with Crippen molar-refractivity contribution in [3.63, 3.8) is 0 Å². The van der Waals surface area contributed by atoms with Crippen molar-refractivity contribution in [3.8, 4) is 0 Å². The van der Waals surface area contributed by atoms with E-state index in [0.29, 0.717) is 9.88 Å². The van der Waals surface area contributed by atoms with Gasteiger partial charge in [-0.15, -0.1) is 11.3 Å². The highest BCUT2D eigenvalue weighted by Crippen LogP contribution is 2.26. The molecule has 1 aromatic heterocycles.